The van der Waals surface area contributed by atoms with Gasteiger partial charge in [-0.3, -0.25) is 4.79 Å². The highest BCUT2D eigenvalue weighted by molar-refractivity contribution is 5.74. The van der Waals surface area contributed by atoms with Crippen LogP contribution in [0.4, 0.5) is 26.3 Å². The highest BCUT2D eigenvalue weighted by atomic mass is 19.4. The number of halogens is 6. The molecule has 5 N–H and O–H groups in total. The van der Waals surface area contributed by atoms with Crippen molar-refractivity contribution in [2.45, 2.75) is 82.9 Å². The van der Waals surface area contributed by atoms with E-state index in [0.29, 0.717) is 30.6 Å². The summed E-state index contributed by atoms with van der Waals surface area (Å²) in [6.45, 7) is 4.87. The molecule has 0 radical (unpaired) electrons. The first kappa shape index (κ1) is 38.9. The SMILES string of the molecule is COCC/C(=C\c1ccccc1)[C@@H]1C[C@H]1N[C@H]1CC[C@H](NCC(C)(C)C(=O)O)CC1.O=C(O)C(F)(F)F.O=C(O)C(F)(F)F. The van der Waals surface area contributed by atoms with Crippen LogP contribution >= 0.6 is 0 Å². The van der Waals surface area contributed by atoms with Crippen LogP contribution < -0.4 is 10.6 Å². The molecule has 15 heteroatoms. The van der Waals surface area contributed by atoms with Crippen molar-refractivity contribution in [1.82, 2.24) is 10.6 Å². The molecule has 44 heavy (non-hydrogen) atoms. The van der Waals surface area contributed by atoms with Gasteiger partial charge in [0.15, 0.2) is 0 Å². The van der Waals surface area contributed by atoms with Gasteiger partial charge in [0.2, 0.25) is 0 Å². The summed E-state index contributed by atoms with van der Waals surface area (Å²) in [4.78, 5) is 29.1. The molecule has 0 unspecified atom stereocenters. The van der Waals surface area contributed by atoms with E-state index in [-0.39, 0.29) is 0 Å². The quantitative estimate of drug-likeness (QED) is 0.201. The number of carboxylic acid groups (broad SMARTS) is 3. The van der Waals surface area contributed by atoms with Gasteiger partial charge in [0.25, 0.3) is 0 Å². The molecule has 1 aromatic rings. The molecule has 2 aliphatic rings. The van der Waals surface area contributed by atoms with E-state index in [1.807, 2.05) is 0 Å². The van der Waals surface area contributed by atoms with Crippen molar-refractivity contribution >= 4 is 24.0 Å². The predicted molar refractivity (Wildman–Crippen MR) is 149 cm³/mol. The summed E-state index contributed by atoms with van der Waals surface area (Å²) in [6.07, 6.45) is -1.08. The van der Waals surface area contributed by atoms with Crippen molar-refractivity contribution in [2.75, 3.05) is 20.3 Å². The number of aliphatic carboxylic acids is 3. The highest BCUT2D eigenvalue weighted by Gasteiger charge is 2.41. The Bertz CT molecular complexity index is 1060. The van der Waals surface area contributed by atoms with Crippen LogP contribution in [0.1, 0.15) is 57.9 Å². The van der Waals surface area contributed by atoms with Crippen molar-refractivity contribution in [2.24, 2.45) is 11.3 Å². The Kier molecular flexibility index (Phi) is 15.3. The minimum absolute atomic E-state index is 0.437. The van der Waals surface area contributed by atoms with Gasteiger partial charge in [0.05, 0.1) is 5.41 Å². The van der Waals surface area contributed by atoms with Crippen LogP contribution in [0.5, 0.6) is 0 Å². The van der Waals surface area contributed by atoms with E-state index in [1.165, 1.54) is 17.6 Å². The molecular weight excluding hydrogens is 602 g/mol. The molecule has 250 valence electrons. The van der Waals surface area contributed by atoms with Crippen LogP contribution in [-0.4, -0.2) is 84.0 Å². The molecule has 0 saturated heterocycles. The first-order valence-corrected chi connectivity index (χ1v) is 13.9. The third kappa shape index (κ3) is 15.0. The smallest absolute Gasteiger partial charge is 0.481 e. The zero-order chi connectivity index (χ0) is 33.7. The third-order valence-corrected chi connectivity index (χ3v) is 7.09. The maximum absolute atomic E-state index is 11.3. The first-order valence-electron chi connectivity index (χ1n) is 13.9. The van der Waals surface area contributed by atoms with E-state index in [0.717, 1.165) is 38.7 Å². The average molecular weight is 643 g/mol. The number of carbonyl (C=O) groups is 3. The lowest BCUT2D eigenvalue weighted by Crippen LogP contribution is -2.45. The second kappa shape index (κ2) is 17.4. The number of benzene rings is 1. The van der Waals surface area contributed by atoms with Gasteiger partial charge in [0, 0.05) is 38.4 Å². The summed E-state index contributed by atoms with van der Waals surface area (Å²) in [5.41, 5.74) is 2.05. The van der Waals surface area contributed by atoms with Gasteiger partial charge in [-0.15, -0.1) is 0 Å². The lowest BCUT2D eigenvalue weighted by Gasteiger charge is -2.32. The summed E-state index contributed by atoms with van der Waals surface area (Å²) in [5.74, 6) is -5.63. The minimum Gasteiger partial charge on any atom is -0.481 e. The van der Waals surface area contributed by atoms with Crippen molar-refractivity contribution in [3.63, 3.8) is 0 Å². The molecule has 2 aliphatic carbocycles. The van der Waals surface area contributed by atoms with E-state index >= 15 is 0 Å². The van der Waals surface area contributed by atoms with E-state index in [2.05, 4.69) is 47.0 Å². The molecule has 2 saturated carbocycles. The Morgan fingerprint density at radius 2 is 1.34 bits per heavy atom. The van der Waals surface area contributed by atoms with Gasteiger partial charge < -0.3 is 30.7 Å². The van der Waals surface area contributed by atoms with E-state index in [9.17, 15) is 36.2 Å². The van der Waals surface area contributed by atoms with Crippen LogP contribution in [0.25, 0.3) is 6.08 Å². The van der Waals surface area contributed by atoms with Crippen LogP contribution in [0.3, 0.4) is 0 Å². The number of methoxy groups -OCH3 is 1. The summed E-state index contributed by atoms with van der Waals surface area (Å²) in [6, 6.07) is 12.2. The van der Waals surface area contributed by atoms with Crippen LogP contribution in [-0.2, 0) is 19.1 Å². The molecule has 3 rings (SSSR count). The summed E-state index contributed by atoms with van der Waals surface area (Å²) in [7, 11) is 1.77. The number of carboxylic acids is 3. The summed E-state index contributed by atoms with van der Waals surface area (Å²) >= 11 is 0. The van der Waals surface area contributed by atoms with Gasteiger partial charge in [-0.1, -0.05) is 42.0 Å². The predicted octanol–water partition coefficient (Wildman–Crippen LogP) is 5.36. The summed E-state index contributed by atoms with van der Waals surface area (Å²) < 4.78 is 68.8. The fourth-order valence-corrected chi connectivity index (χ4v) is 4.38. The van der Waals surface area contributed by atoms with E-state index < -0.39 is 35.7 Å². The maximum atomic E-state index is 11.3. The van der Waals surface area contributed by atoms with Crippen molar-refractivity contribution in [3.8, 4) is 0 Å². The number of nitrogens with one attached hydrogen (secondary N) is 2. The fourth-order valence-electron chi connectivity index (χ4n) is 4.38. The first-order chi connectivity index (χ1) is 20.3. The van der Waals surface area contributed by atoms with Crippen molar-refractivity contribution in [3.05, 3.63) is 41.5 Å². The maximum Gasteiger partial charge on any atom is 0.490 e. The van der Waals surface area contributed by atoms with Crippen molar-refractivity contribution in [1.29, 1.82) is 0 Å². The molecule has 9 nitrogen and oxygen atoms in total. The Hall–Kier alpha value is -3.17. The third-order valence-electron chi connectivity index (χ3n) is 7.09. The molecular formula is C29H40F6N2O7. The van der Waals surface area contributed by atoms with Gasteiger partial charge in [-0.25, -0.2) is 9.59 Å². The van der Waals surface area contributed by atoms with Crippen LogP contribution in [0.2, 0.25) is 0 Å². The molecule has 2 atom stereocenters. The topological polar surface area (TPSA) is 145 Å². The average Bonchev–Trinajstić information content (AvgIpc) is 3.69. The second-order valence-corrected chi connectivity index (χ2v) is 11.2. The molecule has 1 aromatic carbocycles. The molecule has 0 heterocycles. The zero-order valence-electron chi connectivity index (χ0n) is 24.7. The Labute approximate surface area is 251 Å². The Morgan fingerprint density at radius 3 is 1.77 bits per heavy atom. The lowest BCUT2D eigenvalue weighted by atomic mass is 9.88. The zero-order valence-corrected chi connectivity index (χ0v) is 24.7. The van der Waals surface area contributed by atoms with Gasteiger partial charge in [-0.05, 0) is 63.9 Å². The molecule has 0 aromatic heterocycles. The number of rotatable bonds is 11. The normalized spacial score (nSPS) is 22.1. The molecule has 0 bridgehead atoms. The van der Waals surface area contributed by atoms with Crippen LogP contribution in [0, 0.1) is 11.3 Å². The van der Waals surface area contributed by atoms with Gasteiger partial charge in [0.1, 0.15) is 0 Å². The second-order valence-electron chi connectivity index (χ2n) is 11.2. The minimum atomic E-state index is -5.08. The standard InChI is InChI=1S/C25H38N2O3.2C2HF3O2/c1-25(2,24(28)29)17-26-20-9-11-21(12-10-20)27-23-16-22(23)19(13-14-30-3)15-18-7-5-4-6-8-18;2*3-2(4,5)1(6)7/h4-8,15,20-23,26-27H,9-14,16-17H2,1-3H3,(H,28,29);2*(H,6,7)/b19-15+;;/t20-,21-,22-,23+;;/m0../s1. The largest absolute Gasteiger partial charge is 0.490 e. The highest BCUT2D eigenvalue weighted by Crippen LogP contribution is 2.41. The van der Waals surface area contributed by atoms with E-state index in [4.69, 9.17) is 24.5 Å². The fraction of sp³-hybridized carbons (Fsp3) is 0.621. The lowest BCUT2D eigenvalue weighted by molar-refractivity contribution is -0.193. The summed E-state index contributed by atoms with van der Waals surface area (Å²) in [5, 5.41) is 30.9. The molecule has 0 amide bonds. The Morgan fingerprint density at radius 1 is 0.864 bits per heavy atom. The van der Waals surface area contributed by atoms with Gasteiger partial charge >= 0.3 is 30.3 Å². The Balaban J connectivity index is 0.000000574. The number of ether oxygens (including phenoxy) is 1. The number of alkyl halides is 6. The van der Waals surface area contributed by atoms with Gasteiger partial charge in [-0.2, -0.15) is 26.3 Å². The number of hydrogen-bond donors (Lipinski definition) is 5. The molecule has 0 aliphatic heterocycles. The van der Waals surface area contributed by atoms with E-state index in [1.54, 1.807) is 21.0 Å². The molecule has 2 fully saturated rings. The molecule has 0 spiro atoms. The van der Waals surface area contributed by atoms with Crippen molar-refractivity contribution < 1.29 is 60.8 Å². The van der Waals surface area contributed by atoms with Crippen LogP contribution in [0.15, 0.2) is 35.9 Å². The number of hydrogen-bond acceptors (Lipinski definition) is 6. The monoisotopic (exact) mass is 642 g/mol.